The Morgan fingerprint density at radius 2 is 1.84 bits per heavy atom. The predicted molar refractivity (Wildman–Crippen MR) is 63.5 cm³/mol. The van der Waals surface area contributed by atoms with E-state index in [1.54, 1.807) is 0 Å². The number of alkyl halides is 1. The molecule has 2 saturated heterocycles. The minimum Gasteiger partial charge on any atom is -0.480 e. The van der Waals surface area contributed by atoms with Crippen LogP contribution in [0.15, 0.2) is 0 Å². The van der Waals surface area contributed by atoms with E-state index in [2.05, 4.69) is 0 Å². The zero-order valence-corrected chi connectivity index (χ0v) is 10.5. The van der Waals surface area contributed by atoms with Crippen molar-refractivity contribution in [3.05, 3.63) is 0 Å². The maximum Gasteiger partial charge on any atom is 0.408 e. The van der Waals surface area contributed by atoms with E-state index in [-0.39, 0.29) is 5.92 Å². The Balaban J connectivity index is 1.89. The topological polar surface area (TPSA) is 77.8 Å². The molecule has 1 amide bonds. The van der Waals surface area contributed by atoms with Gasteiger partial charge in [0.2, 0.25) is 0 Å². The largest absolute Gasteiger partial charge is 0.480 e. The molecule has 19 heavy (non-hydrogen) atoms. The van der Waals surface area contributed by atoms with E-state index >= 15 is 0 Å². The summed E-state index contributed by atoms with van der Waals surface area (Å²) in [4.78, 5) is 23.6. The normalized spacial score (nSPS) is 41.3. The smallest absolute Gasteiger partial charge is 0.408 e. The summed E-state index contributed by atoms with van der Waals surface area (Å²) in [5.41, 5.74) is 0. The van der Waals surface area contributed by atoms with Crippen molar-refractivity contribution in [2.24, 2.45) is 17.8 Å². The Bertz CT molecular complexity index is 411. The van der Waals surface area contributed by atoms with E-state index in [0.29, 0.717) is 25.2 Å². The number of piperidine rings is 2. The van der Waals surface area contributed by atoms with Crippen molar-refractivity contribution in [3.63, 3.8) is 0 Å². The van der Waals surface area contributed by atoms with Crippen LogP contribution in [-0.4, -0.2) is 45.4 Å². The zero-order valence-electron chi connectivity index (χ0n) is 10.5. The highest BCUT2D eigenvalue weighted by molar-refractivity contribution is 5.80. The lowest BCUT2D eigenvalue weighted by atomic mass is 9.66. The lowest BCUT2D eigenvalue weighted by Gasteiger charge is -2.54. The van der Waals surface area contributed by atoms with Crippen molar-refractivity contribution < 1.29 is 24.2 Å². The van der Waals surface area contributed by atoms with Gasteiger partial charge in [0.15, 0.2) is 0 Å². The van der Waals surface area contributed by atoms with Crippen LogP contribution in [0.2, 0.25) is 0 Å². The number of carboxylic acid groups (broad SMARTS) is 2. The predicted octanol–water partition coefficient (Wildman–Crippen LogP) is 1.97. The minimum absolute atomic E-state index is 0.307. The summed E-state index contributed by atoms with van der Waals surface area (Å²) < 4.78 is 14.5. The van der Waals surface area contributed by atoms with Crippen molar-refractivity contribution in [2.45, 2.75) is 50.4 Å². The maximum atomic E-state index is 14.5. The fourth-order valence-electron chi connectivity index (χ4n) is 3.94. The standard InChI is InChI=1S/C13H18FNO4/c14-10-7-3-4-9(8(10)5-6-1-2-6)15(13(18)19)11(7)12(16)17/h6-11H,1-5H2,(H,16,17)(H,18,19)/t7-,8+,9+,10-,11+/m1/s1. The van der Waals surface area contributed by atoms with Crippen LogP contribution in [0.3, 0.4) is 0 Å². The Labute approximate surface area is 110 Å². The number of fused-ring (bicyclic) bond motifs is 3. The summed E-state index contributed by atoms with van der Waals surface area (Å²) >= 11 is 0. The molecule has 4 fully saturated rings. The highest BCUT2D eigenvalue weighted by atomic mass is 19.1. The van der Waals surface area contributed by atoms with E-state index < -0.39 is 36.2 Å². The number of hydrogen-bond donors (Lipinski definition) is 2. The lowest BCUT2D eigenvalue weighted by molar-refractivity contribution is -0.160. The van der Waals surface area contributed by atoms with Crippen LogP contribution in [0, 0.1) is 17.8 Å². The molecule has 0 aromatic rings. The number of nitrogens with zero attached hydrogens (tertiary/aromatic N) is 1. The molecule has 0 aromatic carbocycles. The van der Waals surface area contributed by atoms with E-state index in [9.17, 15) is 24.2 Å². The summed E-state index contributed by atoms with van der Waals surface area (Å²) in [6.07, 6.45) is 1.57. The quantitative estimate of drug-likeness (QED) is 0.822. The van der Waals surface area contributed by atoms with Gasteiger partial charge in [-0.15, -0.1) is 0 Å². The van der Waals surface area contributed by atoms with Gasteiger partial charge in [-0.05, 0) is 25.2 Å². The third-order valence-corrected chi connectivity index (χ3v) is 4.95. The molecular formula is C13H18FNO4. The van der Waals surface area contributed by atoms with Gasteiger partial charge in [0.1, 0.15) is 12.2 Å². The Morgan fingerprint density at radius 3 is 2.37 bits per heavy atom. The first kappa shape index (κ1) is 12.7. The molecule has 2 bridgehead atoms. The average Bonchev–Trinajstić information content (AvgIpc) is 3.16. The number of rotatable bonds is 3. The van der Waals surface area contributed by atoms with Crippen molar-refractivity contribution in [3.8, 4) is 0 Å². The van der Waals surface area contributed by atoms with Gasteiger partial charge < -0.3 is 10.2 Å². The Kier molecular flexibility index (Phi) is 2.91. The summed E-state index contributed by atoms with van der Waals surface area (Å²) in [6, 6.07) is -1.67. The highest BCUT2D eigenvalue weighted by Crippen LogP contribution is 2.49. The van der Waals surface area contributed by atoms with Crippen LogP contribution in [0.1, 0.15) is 32.1 Å². The third-order valence-electron chi connectivity index (χ3n) is 4.95. The molecule has 0 radical (unpaired) electrons. The fraction of sp³-hybridized carbons (Fsp3) is 0.846. The Hall–Kier alpha value is -1.33. The molecule has 6 heteroatoms. The summed E-state index contributed by atoms with van der Waals surface area (Å²) in [5.74, 6) is -1.69. The monoisotopic (exact) mass is 271 g/mol. The molecule has 106 valence electrons. The SMILES string of the molecule is O=C(O)[C@@H]1[C@@H]2CC[C@@H]([C@H](CC3CC3)[C@@H]2F)N1C(=O)O. The van der Waals surface area contributed by atoms with Gasteiger partial charge in [-0.25, -0.2) is 14.0 Å². The second kappa shape index (κ2) is 4.35. The van der Waals surface area contributed by atoms with Crippen LogP contribution >= 0.6 is 0 Å². The molecule has 2 N–H and O–H groups in total. The molecule has 2 heterocycles. The second-order valence-corrected chi connectivity index (χ2v) is 6.07. The third kappa shape index (κ3) is 1.97. The van der Waals surface area contributed by atoms with Gasteiger partial charge in [0.05, 0.1) is 0 Å². The molecule has 2 aliphatic carbocycles. The van der Waals surface area contributed by atoms with Crippen molar-refractivity contribution in [1.82, 2.24) is 4.90 Å². The molecule has 2 saturated carbocycles. The van der Waals surface area contributed by atoms with Gasteiger partial charge in [-0.2, -0.15) is 0 Å². The van der Waals surface area contributed by atoms with E-state index in [1.165, 1.54) is 0 Å². The number of carboxylic acids is 1. The maximum absolute atomic E-state index is 14.5. The molecule has 0 spiro atoms. The number of halogens is 1. The number of carbonyl (C=O) groups is 2. The van der Waals surface area contributed by atoms with Crippen molar-refractivity contribution in [2.75, 3.05) is 0 Å². The summed E-state index contributed by atoms with van der Waals surface area (Å²) in [5, 5.41) is 18.5. The number of hydrogen-bond acceptors (Lipinski definition) is 2. The van der Waals surface area contributed by atoms with Crippen LogP contribution in [0.4, 0.5) is 9.18 Å². The Morgan fingerprint density at radius 1 is 1.16 bits per heavy atom. The van der Waals surface area contributed by atoms with Gasteiger partial charge >= 0.3 is 12.1 Å². The minimum atomic E-state index is -1.23. The first-order valence-electron chi connectivity index (χ1n) is 6.89. The fourth-order valence-corrected chi connectivity index (χ4v) is 3.94. The first-order chi connectivity index (χ1) is 9.00. The van der Waals surface area contributed by atoms with Crippen molar-refractivity contribution >= 4 is 12.1 Å². The van der Waals surface area contributed by atoms with E-state index in [1.807, 2.05) is 0 Å². The van der Waals surface area contributed by atoms with Gasteiger partial charge in [-0.3, -0.25) is 4.90 Å². The lowest BCUT2D eigenvalue weighted by Crippen LogP contribution is -2.67. The van der Waals surface area contributed by atoms with E-state index in [0.717, 1.165) is 17.7 Å². The number of aliphatic carboxylic acids is 1. The first-order valence-corrected chi connectivity index (χ1v) is 6.89. The van der Waals surface area contributed by atoms with Crippen LogP contribution in [-0.2, 0) is 4.79 Å². The van der Waals surface area contributed by atoms with Crippen LogP contribution < -0.4 is 0 Å². The molecule has 5 atom stereocenters. The van der Waals surface area contributed by atoms with E-state index in [4.69, 9.17) is 0 Å². The summed E-state index contributed by atoms with van der Waals surface area (Å²) in [7, 11) is 0. The zero-order chi connectivity index (χ0) is 13.7. The molecular weight excluding hydrogens is 253 g/mol. The molecule has 4 rings (SSSR count). The summed E-state index contributed by atoms with van der Waals surface area (Å²) in [6.45, 7) is 0. The van der Waals surface area contributed by atoms with Crippen LogP contribution in [0.5, 0.6) is 0 Å². The van der Waals surface area contributed by atoms with Gasteiger partial charge in [0, 0.05) is 17.9 Å². The van der Waals surface area contributed by atoms with Gasteiger partial charge in [-0.1, -0.05) is 12.8 Å². The van der Waals surface area contributed by atoms with Gasteiger partial charge in [0.25, 0.3) is 0 Å². The molecule has 4 aliphatic rings. The second-order valence-electron chi connectivity index (χ2n) is 6.07. The molecule has 5 nitrogen and oxygen atoms in total. The highest BCUT2D eigenvalue weighted by Gasteiger charge is 2.58. The molecule has 2 aliphatic heterocycles. The molecule has 0 unspecified atom stereocenters. The molecule has 0 aromatic heterocycles. The van der Waals surface area contributed by atoms with Crippen LogP contribution in [0.25, 0.3) is 0 Å². The average molecular weight is 271 g/mol. The van der Waals surface area contributed by atoms with Crippen molar-refractivity contribution in [1.29, 1.82) is 0 Å². The number of amides is 1.